The molecule has 4 aromatic rings. The number of benzene rings is 4. The highest BCUT2D eigenvalue weighted by atomic mass is 16.2. The summed E-state index contributed by atoms with van der Waals surface area (Å²) in [6.07, 6.45) is 1.24. The van der Waals surface area contributed by atoms with Gasteiger partial charge in [0, 0.05) is 25.8 Å². The zero-order chi connectivity index (χ0) is 32.7. The Bertz CT molecular complexity index is 1560. The topological polar surface area (TPSA) is 156 Å². The first kappa shape index (κ1) is 33.6. The summed E-state index contributed by atoms with van der Waals surface area (Å²) >= 11 is 0. The lowest BCUT2D eigenvalue weighted by Gasteiger charge is -2.25. The maximum atomic E-state index is 13.8. The third-order valence-electron chi connectivity index (χ3n) is 7.66. The van der Waals surface area contributed by atoms with Crippen LogP contribution in [0.1, 0.15) is 29.5 Å². The van der Waals surface area contributed by atoms with Crippen LogP contribution >= 0.6 is 0 Å². The number of hydrogen-bond donors (Lipinski definition) is 5. The van der Waals surface area contributed by atoms with Gasteiger partial charge in [0.15, 0.2) is 0 Å². The van der Waals surface area contributed by atoms with E-state index < -0.39 is 35.8 Å². The zero-order valence-electron chi connectivity index (χ0n) is 25.7. The molecule has 238 valence electrons. The Morgan fingerprint density at radius 2 is 1.02 bits per heavy atom. The van der Waals surface area contributed by atoms with Crippen LogP contribution in [0.5, 0.6) is 0 Å². The van der Waals surface area contributed by atoms with Gasteiger partial charge in [0.2, 0.25) is 23.6 Å². The van der Waals surface area contributed by atoms with Crippen LogP contribution in [0.3, 0.4) is 0 Å². The van der Waals surface area contributed by atoms with Gasteiger partial charge in [-0.15, -0.1) is 0 Å². The van der Waals surface area contributed by atoms with Gasteiger partial charge in [-0.3, -0.25) is 19.2 Å². The molecule has 0 aromatic heterocycles. The molecule has 3 atom stereocenters. The molecule has 0 saturated carbocycles. The molecule has 4 amide bonds. The number of carbonyl (C=O) groups is 4. The fourth-order valence-electron chi connectivity index (χ4n) is 5.15. The Morgan fingerprint density at radius 1 is 0.543 bits per heavy atom. The first-order chi connectivity index (χ1) is 22.3. The summed E-state index contributed by atoms with van der Waals surface area (Å²) in [7, 11) is 0. The Hall–Kier alpha value is -5.28. The molecule has 0 aliphatic rings. The predicted molar refractivity (Wildman–Crippen MR) is 179 cm³/mol. The van der Waals surface area contributed by atoms with Gasteiger partial charge in [-0.2, -0.15) is 0 Å². The smallest absolute Gasteiger partial charge is 0.243 e. The maximum absolute atomic E-state index is 13.8. The molecule has 0 spiro atoms. The second-order valence-corrected chi connectivity index (χ2v) is 11.2. The molecular formula is C37H41N5O4. The third-order valence-corrected chi connectivity index (χ3v) is 7.66. The van der Waals surface area contributed by atoms with Gasteiger partial charge in [0.25, 0.3) is 0 Å². The molecule has 46 heavy (non-hydrogen) atoms. The predicted octanol–water partition coefficient (Wildman–Crippen LogP) is 3.06. The van der Waals surface area contributed by atoms with E-state index in [9.17, 15) is 19.2 Å². The summed E-state index contributed by atoms with van der Waals surface area (Å²) in [5, 5.41) is 8.38. The minimum absolute atomic E-state index is 0.0621. The standard InChI is InChI=1S/C37H41N5O4/c38-23-22-34(43)40-31(21-18-26-10-4-1-5-11-26)36(45)42-33(25-28-16-19-30(20-17-28)29-14-8-3-9-15-29)37(46)41-32(35(39)44)24-27-12-6-2-7-13-27/h1-17,19-20,31-33H,18,21-25,38H2,(H2,39,44)(H,40,43)(H,41,46)(H,42,45)/t31?,32?,33-/m0/s1. The van der Waals surface area contributed by atoms with Gasteiger partial charge in [0.05, 0.1) is 0 Å². The zero-order valence-corrected chi connectivity index (χ0v) is 25.7. The highest BCUT2D eigenvalue weighted by Crippen LogP contribution is 2.20. The van der Waals surface area contributed by atoms with Crippen LogP contribution in [0.15, 0.2) is 115 Å². The fraction of sp³-hybridized carbons (Fsp3) is 0.243. The molecule has 9 heteroatoms. The largest absolute Gasteiger partial charge is 0.368 e. The number of hydrogen-bond acceptors (Lipinski definition) is 5. The number of rotatable bonds is 16. The van der Waals surface area contributed by atoms with Crippen molar-refractivity contribution in [3.05, 3.63) is 132 Å². The first-order valence-corrected chi connectivity index (χ1v) is 15.4. The van der Waals surface area contributed by atoms with Crippen LogP contribution in [0, 0.1) is 0 Å². The van der Waals surface area contributed by atoms with E-state index in [-0.39, 0.29) is 31.7 Å². The summed E-state index contributed by atoms with van der Waals surface area (Å²) in [6.45, 7) is 0.138. The molecule has 0 saturated heterocycles. The SMILES string of the molecule is NCCC(=O)NC(CCc1ccccc1)C(=O)N[C@@H](Cc1ccc(-c2ccccc2)cc1)C(=O)NC(Cc1ccccc1)C(N)=O. The van der Waals surface area contributed by atoms with Crippen molar-refractivity contribution in [3.8, 4) is 11.1 Å². The molecule has 0 radical (unpaired) electrons. The Kier molecular flexibility index (Phi) is 12.6. The lowest BCUT2D eigenvalue weighted by molar-refractivity contribution is -0.133. The van der Waals surface area contributed by atoms with Gasteiger partial charge in [-0.25, -0.2) is 0 Å². The van der Waals surface area contributed by atoms with E-state index in [1.54, 1.807) is 0 Å². The van der Waals surface area contributed by atoms with Crippen molar-refractivity contribution >= 4 is 23.6 Å². The van der Waals surface area contributed by atoms with Crippen LogP contribution in [-0.2, 0) is 38.4 Å². The minimum atomic E-state index is -1.06. The molecule has 0 aliphatic heterocycles. The van der Waals surface area contributed by atoms with Crippen LogP contribution in [0.2, 0.25) is 0 Å². The van der Waals surface area contributed by atoms with E-state index in [2.05, 4.69) is 16.0 Å². The minimum Gasteiger partial charge on any atom is -0.368 e. The van der Waals surface area contributed by atoms with Crippen molar-refractivity contribution in [3.63, 3.8) is 0 Å². The molecule has 7 N–H and O–H groups in total. The second-order valence-electron chi connectivity index (χ2n) is 11.2. The second kappa shape index (κ2) is 17.3. The Morgan fingerprint density at radius 3 is 1.61 bits per heavy atom. The van der Waals surface area contributed by atoms with Crippen molar-refractivity contribution in [1.82, 2.24) is 16.0 Å². The molecule has 0 fully saturated rings. The maximum Gasteiger partial charge on any atom is 0.243 e. The summed E-state index contributed by atoms with van der Waals surface area (Å²) in [5.74, 6) is -2.12. The summed E-state index contributed by atoms with van der Waals surface area (Å²) in [5.41, 5.74) is 16.0. The third kappa shape index (κ3) is 10.4. The fourth-order valence-corrected chi connectivity index (χ4v) is 5.15. The lowest BCUT2D eigenvalue weighted by Crippen LogP contribution is -2.57. The van der Waals surface area contributed by atoms with Crippen molar-refractivity contribution < 1.29 is 19.2 Å². The van der Waals surface area contributed by atoms with Crippen LogP contribution in [0.4, 0.5) is 0 Å². The van der Waals surface area contributed by atoms with Crippen LogP contribution in [-0.4, -0.2) is 48.3 Å². The van der Waals surface area contributed by atoms with E-state index in [0.29, 0.717) is 12.8 Å². The van der Waals surface area contributed by atoms with Crippen molar-refractivity contribution in [2.75, 3.05) is 6.54 Å². The number of nitrogens with two attached hydrogens (primary N) is 2. The quantitative estimate of drug-likeness (QED) is 0.130. The van der Waals surface area contributed by atoms with Gasteiger partial charge in [-0.05, 0) is 40.7 Å². The van der Waals surface area contributed by atoms with Crippen molar-refractivity contribution in [2.24, 2.45) is 11.5 Å². The van der Waals surface area contributed by atoms with E-state index in [1.165, 1.54) is 0 Å². The number of carbonyl (C=O) groups excluding carboxylic acids is 4. The van der Waals surface area contributed by atoms with Crippen molar-refractivity contribution in [2.45, 2.75) is 50.2 Å². The molecular weight excluding hydrogens is 578 g/mol. The summed E-state index contributed by atoms with van der Waals surface area (Å²) in [4.78, 5) is 52.4. The van der Waals surface area contributed by atoms with Crippen molar-refractivity contribution in [1.29, 1.82) is 0 Å². The molecule has 9 nitrogen and oxygen atoms in total. The molecule has 4 aromatic carbocycles. The number of amides is 4. The van der Waals surface area contributed by atoms with Crippen LogP contribution in [0.25, 0.3) is 11.1 Å². The molecule has 0 bridgehead atoms. The van der Waals surface area contributed by atoms with E-state index in [4.69, 9.17) is 11.5 Å². The highest BCUT2D eigenvalue weighted by molar-refractivity contribution is 5.94. The number of aryl methyl sites for hydroxylation is 1. The van der Waals surface area contributed by atoms with Gasteiger partial charge < -0.3 is 27.4 Å². The lowest BCUT2D eigenvalue weighted by atomic mass is 9.99. The average molecular weight is 620 g/mol. The normalized spacial score (nSPS) is 12.7. The summed E-state index contributed by atoms with van der Waals surface area (Å²) in [6, 6.07) is 33.5. The van der Waals surface area contributed by atoms with Crippen LogP contribution < -0.4 is 27.4 Å². The number of nitrogens with one attached hydrogen (secondary N) is 3. The first-order valence-electron chi connectivity index (χ1n) is 15.4. The van der Waals surface area contributed by atoms with Gasteiger partial charge in [-0.1, -0.05) is 115 Å². The molecule has 2 unspecified atom stereocenters. The molecule has 0 heterocycles. The molecule has 0 aliphatic carbocycles. The highest BCUT2D eigenvalue weighted by Gasteiger charge is 2.29. The van der Waals surface area contributed by atoms with E-state index in [0.717, 1.165) is 27.8 Å². The Labute approximate surface area is 269 Å². The molecule has 4 rings (SSSR count). The van der Waals surface area contributed by atoms with E-state index in [1.807, 2.05) is 115 Å². The monoisotopic (exact) mass is 619 g/mol. The number of primary amides is 1. The van der Waals surface area contributed by atoms with E-state index >= 15 is 0 Å². The summed E-state index contributed by atoms with van der Waals surface area (Å²) < 4.78 is 0. The van der Waals surface area contributed by atoms with Gasteiger partial charge in [0.1, 0.15) is 18.1 Å². The Balaban J connectivity index is 1.55. The average Bonchev–Trinajstić information content (AvgIpc) is 3.07. The van der Waals surface area contributed by atoms with Gasteiger partial charge >= 0.3 is 0 Å².